The minimum absolute atomic E-state index is 0.595. The Morgan fingerprint density at radius 3 is 2.76 bits per heavy atom. The summed E-state index contributed by atoms with van der Waals surface area (Å²) < 4.78 is 2.81. The lowest BCUT2D eigenvalue weighted by molar-refractivity contribution is 0.652. The molecule has 0 unspecified atom stereocenters. The molecule has 5 nitrogen and oxygen atoms in total. The minimum Gasteiger partial charge on any atom is -0.399 e. The third-order valence-electron chi connectivity index (χ3n) is 3.17. The zero-order valence-electron chi connectivity index (χ0n) is 11.5. The molecule has 0 amide bonds. The van der Waals surface area contributed by atoms with Crippen molar-refractivity contribution in [3.05, 3.63) is 58.1 Å². The molecule has 0 radical (unpaired) electrons. The van der Waals surface area contributed by atoms with Crippen molar-refractivity contribution in [3.8, 4) is 11.4 Å². The van der Waals surface area contributed by atoms with Gasteiger partial charge in [0.2, 0.25) is 0 Å². The third-order valence-corrected chi connectivity index (χ3v) is 3.94. The number of nitrogens with zero attached hydrogens (tertiary/aromatic N) is 4. The first kappa shape index (κ1) is 13.8. The number of anilines is 1. The van der Waals surface area contributed by atoms with Gasteiger partial charge in [-0.1, -0.05) is 34.1 Å². The van der Waals surface area contributed by atoms with Crippen molar-refractivity contribution in [1.82, 2.24) is 20.2 Å². The fourth-order valence-corrected chi connectivity index (χ4v) is 2.66. The van der Waals surface area contributed by atoms with Gasteiger partial charge >= 0.3 is 0 Å². The highest BCUT2D eigenvalue weighted by Gasteiger charge is 2.11. The van der Waals surface area contributed by atoms with Crippen LogP contribution in [0.2, 0.25) is 0 Å². The normalized spacial score (nSPS) is 10.8. The van der Waals surface area contributed by atoms with Crippen molar-refractivity contribution in [2.45, 2.75) is 13.5 Å². The molecule has 0 saturated heterocycles. The van der Waals surface area contributed by atoms with Gasteiger partial charge in [0.15, 0.2) is 5.82 Å². The number of halogens is 1. The smallest absolute Gasteiger partial charge is 0.182 e. The second-order valence-electron chi connectivity index (χ2n) is 4.88. The number of hydrogen-bond donors (Lipinski definition) is 1. The standard InChI is InChI=1S/C15H14BrN5/c1-10-6-12(8-13(17)7-10)15-18-19-20-21(15)9-11-4-2-3-5-14(11)16/h2-8H,9,17H2,1H3. The molecular formula is C15H14BrN5. The molecular weight excluding hydrogens is 330 g/mol. The Bertz CT molecular complexity index is 761. The van der Waals surface area contributed by atoms with Gasteiger partial charge in [-0.2, -0.15) is 0 Å². The van der Waals surface area contributed by atoms with Crippen molar-refractivity contribution in [1.29, 1.82) is 0 Å². The summed E-state index contributed by atoms with van der Waals surface area (Å²) in [4.78, 5) is 0. The highest BCUT2D eigenvalue weighted by atomic mass is 79.9. The van der Waals surface area contributed by atoms with Gasteiger partial charge in [-0.25, -0.2) is 4.68 Å². The van der Waals surface area contributed by atoms with E-state index in [2.05, 4.69) is 31.5 Å². The van der Waals surface area contributed by atoms with Crippen molar-refractivity contribution < 1.29 is 0 Å². The summed E-state index contributed by atoms with van der Waals surface area (Å²) >= 11 is 3.54. The molecule has 1 aromatic heterocycles. The van der Waals surface area contributed by atoms with E-state index in [4.69, 9.17) is 5.73 Å². The van der Waals surface area contributed by atoms with Gasteiger partial charge in [0, 0.05) is 15.7 Å². The van der Waals surface area contributed by atoms with Crippen LogP contribution in [0.25, 0.3) is 11.4 Å². The van der Waals surface area contributed by atoms with E-state index < -0.39 is 0 Å². The molecule has 2 N–H and O–H groups in total. The Labute approximate surface area is 130 Å². The lowest BCUT2D eigenvalue weighted by Crippen LogP contribution is -2.05. The van der Waals surface area contributed by atoms with Crippen LogP contribution >= 0.6 is 15.9 Å². The molecule has 21 heavy (non-hydrogen) atoms. The molecule has 0 bridgehead atoms. The first-order valence-electron chi connectivity index (χ1n) is 6.50. The molecule has 6 heteroatoms. The molecule has 0 aliphatic carbocycles. The summed E-state index contributed by atoms with van der Waals surface area (Å²) in [5.74, 6) is 0.709. The topological polar surface area (TPSA) is 69.6 Å². The first-order valence-corrected chi connectivity index (χ1v) is 7.30. The average Bonchev–Trinajstić information content (AvgIpc) is 2.88. The second-order valence-corrected chi connectivity index (χ2v) is 5.74. The highest BCUT2D eigenvalue weighted by molar-refractivity contribution is 9.10. The van der Waals surface area contributed by atoms with E-state index in [1.807, 2.05) is 49.4 Å². The Hall–Kier alpha value is -2.21. The molecule has 106 valence electrons. The van der Waals surface area contributed by atoms with Gasteiger partial charge in [0.05, 0.1) is 6.54 Å². The Balaban J connectivity index is 1.99. The molecule has 0 atom stereocenters. The van der Waals surface area contributed by atoms with Crippen molar-refractivity contribution in [2.75, 3.05) is 5.73 Å². The number of benzene rings is 2. The Morgan fingerprint density at radius 1 is 1.19 bits per heavy atom. The van der Waals surface area contributed by atoms with Gasteiger partial charge in [0.1, 0.15) is 0 Å². The summed E-state index contributed by atoms with van der Waals surface area (Å²) in [6, 6.07) is 13.9. The van der Waals surface area contributed by atoms with E-state index in [-0.39, 0.29) is 0 Å². The van der Waals surface area contributed by atoms with Crippen LogP contribution in [0.5, 0.6) is 0 Å². The lowest BCUT2D eigenvalue weighted by atomic mass is 10.1. The third kappa shape index (κ3) is 2.95. The van der Waals surface area contributed by atoms with E-state index >= 15 is 0 Å². The van der Waals surface area contributed by atoms with Gasteiger partial charge in [0.25, 0.3) is 0 Å². The van der Waals surface area contributed by atoms with Crippen LogP contribution in [-0.4, -0.2) is 20.2 Å². The van der Waals surface area contributed by atoms with Crippen LogP contribution in [-0.2, 0) is 6.54 Å². The second kappa shape index (κ2) is 5.65. The summed E-state index contributed by atoms with van der Waals surface area (Å²) in [5, 5.41) is 12.0. The largest absolute Gasteiger partial charge is 0.399 e. The molecule has 0 saturated carbocycles. The van der Waals surface area contributed by atoms with Crippen LogP contribution < -0.4 is 5.73 Å². The van der Waals surface area contributed by atoms with Gasteiger partial charge in [-0.15, -0.1) is 5.10 Å². The fraction of sp³-hybridized carbons (Fsp3) is 0.133. The molecule has 1 heterocycles. The van der Waals surface area contributed by atoms with E-state index in [1.165, 1.54) is 0 Å². The number of tetrazole rings is 1. The lowest BCUT2D eigenvalue weighted by Gasteiger charge is -2.08. The van der Waals surface area contributed by atoms with E-state index in [0.29, 0.717) is 18.1 Å². The highest BCUT2D eigenvalue weighted by Crippen LogP contribution is 2.23. The Morgan fingerprint density at radius 2 is 2.00 bits per heavy atom. The van der Waals surface area contributed by atoms with Crippen molar-refractivity contribution in [2.24, 2.45) is 0 Å². The van der Waals surface area contributed by atoms with Crippen LogP contribution in [0.3, 0.4) is 0 Å². The first-order chi connectivity index (χ1) is 10.1. The van der Waals surface area contributed by atoms with Gasteiger partial charge in [-0.3, -0.25) is 0 Å². The van der Waals surface area contributed by atoms with E-state index in [9.17, 15) is 0 Å². The fourth-order valence-electron chi connectivity index (χ4n) is 2.25. The molecule has 3 rings (SSSR count). The molecule has 3 aromatic rings. The Kier molecular flexibility index (Phi) is 3.70. The number of aromatic nitrogens is 4. The number of nitrogens with two attached hydrogens (primary N) is 1. The van der Waals surface area contributed by atoms with Gasteiger partial charge in [-0.05, 0) is 52.7 Å². The molecule has 0 aliphatic rings. The molecule has 2 aromatic carbocycles. The SMILES string of the molecule is Cc1cc(N)cc(-c2nnnn2Cc2ccccc2Br)c1. The van der Waals surface area contributed by atoms with Crippen LogP contribution in [0, 0.1) is 6.92 Å². The predicted molar refractivity (Wildman–Crippen MR) is 85.6 cm³/mol. The number of rotatable bonds is 3. The zero-order chi connectivity index (χ0) is 14.8. The van der Waals surface area contributed by atoms with Crippen molar-refractivity contribution in [3.63, 3.8) is 0 Å². The van der Waals surface area contributed by atoms with Gasteiger partial charge < -0.3 is 5.73 Å². The van der Waals surface area contributed by atoms with Crippen molar-refractivity contribution >= 4 is 21.6 Å². The molecule has 0 fully saturated rings. The quantitative estimate of drug-likeness (QED) is 0.742. The van der Waals surface area contributed by atoms with E-state index in [0.717, 1.165) is 21.2 Å². The summed E-state index contributed by atoms with van der Waals surface area (Å²) in [6.07, 6.45) is 0. The predicted octanol–water partition coefficient (Wildman–Crippen LogP) is 3.04. The van der Waals surface area contributed by atoms with Crippen LogP contribution in [0.1, 0.15) is 11.1 Å². The zero-order valence-corrected chi connectivity index (χ0v) is 13.1. The molecule has 0 spiro atoms. The maximum absolute atomic E-state index is 5.91. The number of aryl methyl sites for hydroxylation is 1. The minimum atomic E-state index is 0.595. The van der Waals surface area contributed by atoms with E-state index in [1.54, 1.807) is 4.68 Å². The number of nitrogen functional groups attached to an aromatic ring is 1. The van der Waals surface area contributed by atoms with Crippen LogP contribution in [0.4, 0.5) is 5.69 Å². The summed E-state index contributed by atoms with van der Waals surface area (Å²) in [6.45, 7) is 2.60. The maximum Gasteiger partial charge on any atom is 0.182 e. The maximum atomic E-state index is 5.91. The summed E-state index contributed by atoms with van der Waals surface area (Å²) in [5.41, 5.74) is 9.74. The number of hydrogen-bond acceptors (Lipinski definition) is 4. The molecule has 0 aliphatic heterocycles. The summed E-state index contributed by atoms with van der Waals surface area (Å²) in [7, 11) is 0. The monoisotopic (exact) mass is 343 g/mol. The van der Waals surface area contributed by atoms with Crippen LogP contribution in [0.15, 0.2) is 46.9 Å². The average molecular weight is 344 g/mol.